The molecule has 9 rings (SSSR count). The first kappa shape index (κ1) is 31.7. The fraction of sp³-hybridized carbons (Fsp3) is 0. The lowest BCUT2D eigenvalue weighted by molar-refractivity contribution is 0.589. The smallest absolute Gasteiger partial charge is 0.166 e. The van der Waals surface area contributed by atoms with Crippen LogP contribution in [0.4, 0.5) is 8.78 Å². The number of para-hydroxylation sites is 1. The molecule has 0 saturated heterocycles. The summed E-state index contributed by atoms with van der Waals surface area (Å²) in [6.07, 6.45) is 0. The molecule has 0 bridgehead atoms. The Kier molecular flexibility index (Phi) is 7.83. The molecule has 0 amide bonds. The van der Waals surface area contributed by atoms with Crippen molar-refractivity contribution in [2.75, 3.05) is 0 Å². The van der Waals surface area contributed by atoms with Crippen LogP contribution in [0.1, 0.15) is 5.56 Å². The van der Waals surface area contributed by atoms with Crippen LogP contribution in [0.3, 0.4) is 0 Å². The molecular formula is C46H27F2N5. The average molecular weight is 688 g/mol. The molecule has 0 aliphatic carbocycles. The summed E-state index contributed by atoms with van der Waals surface area (Å²) in [5.41, 5.74) is 7.45. The van der Waals surface area contributed by atoms with Gasteiger partial charge < -0.3 is 4.57 Å². The fourth-order valence-corrected chi connectivity index (χ4v) is 6.95. The van der Waals surface area contributed by atoms with Crippen LogP contribution in [0.2, 0.25) is 0 Å². The van der Waals surface area contributed by atoms with Crippen LogP contribution in [-0.2, 0) is 0 Å². The van der Waals surface area contributed by atoms with Gasteiger partial charge in [-0.1, -0.05) is 109 Å². The first-order chi connectivity index (χ1) is 26.1. The van der Waals surface area contributed by atoms with Gasteiger partial charge in [0.05, 0.1) is 33.9 Å². The lowest BCUT2D eigenvalue weighted by atomic mass is 9.99. The summed E-state index contributed by atoms with van der Waals surface area (Å²) >= 11 is 0. The van der Waals surface area contributed by atoms with E-state index in [4.69, 9.17) is 15.0 Å². The van der Waals surface area contributed by atoms with Crippen molar-refractivity contribution >= 4 is 21.8 Å². The molecule has 7 heteroatoms. The monoisotopic (exact) mass is 687 g/mol. The van der Waals surface area contributed by atoms with E-state index in [1.165, 1.54) is 18.2 Å². The Hall–Kier alpha value is -7.30. The second-order valence-corrected chi connectivity index (χ2v) is 12.6. The van der Waals surface area contributed by atoms with Gasteiger partial charge in [0.25, 0.3) is 0 Å². The van der Waals surface area contributed by atoms with E-state index < -0.39 is 11.6 Å². The number of nitrogens with zero attached hydrogens (tertiary/aromatic N) is 5. The normalized spacial score (nSPS) is 11.2. The minimum Gasteiger partial charge on any atom is -0.309 e. The Balaban J connectivity index is 1.35. The Morgan fingerprint density at radius 2 is 1.02 bits per heavy atom. The van der Waals surface area contributed by atoms with E-state index in [0.29, 0.717) is 34.2 Å². The molecule has 250 valence electrons. The Morgan fingerprint density at radius 1 is 0.453 bits per heavy atom. The first-order valence-corrected chi connectivity index (χ1v) is 17.1. The Bertz CT molecular complexity index is 2800. The molecule has 5 nitrogen and oxygen atoms in total. The summed E-state index contributed by atoms with van der Waals surface area (Å²) in [6, 6.07) is 52.7. The summed E-state index contributed by atoms with van der Waals surface area (Å²) in [7, 11) is 0. The third-order valence-corrected chi connectivity index (χ3v) is 9.43. The van der Waals surface area contributed by atoms with Gasteiger partial charge in [-0.25, -0.2) is 23.7 Å². The van der Waals surface area contributed by atoms with Crippen LogP contribution in [0.5, 0.6) is 0 Å². The van der Waals surface area contributed by atoms with Gasteiger partial charge in [0.15, 0.2) is 17.5 Å². The van der Waals surface area contributed by atoms with Gasteiger partial charge in [-0.15, -0.1) is 0 Å². The summed E-state index contributed by atoms with van der Waals surface area (Å²) in [5, 5.41) is 11.6. The highest BCUT2D eigenvalue weighted by molar-refractivity contribution is 6.11. The van der Waals surface area contributed by atoms with Crippen LogP contribution < -0.4 is 0 Å². The number of benzene rings is 7. The van der Waals surface area contributed by atoms with Crippen molar-refractivity contribution in [2.45, 2.75) is 0 Å². The third kappa shape index (κ3) is 5.69. The molecule has 0 aliphatic heterocycles. The maximum absolute atomic E-state index is 15.4. The van der Waals surface area contributed by atoms with Crippen LogP contribution in [-0.4, -0.2) is 19.5 Å². The van der Waals surface area contributed by atoms with Crippen LogP contribution >= 0.6 is 0 Å². The Morgan fingerprint density at radius 3 is 1.72 bits per heavy atom. The first-order valence-electron chi connectivity index (χ1n) is 17.1. The molecule has 0 aliphatic rings. The summed E-state index contributed by atoms with van der Waals surface area (Å²) < 4.78 is 32.8. The molecule has 7 aromatic carbocycles. The zero-order valence-corrected chi connectivity index (χ0v) is 28.1. The number of rotatable bonds is 6. The average Bonchev–Trinajstić information content (AvgIpc) is 3.55. The number of hydrogen-bond acceptors (Lipinski definition) is 4. The standard InChI is InChI=1S/C46H27F2N5/c47-38-18-10-19-39(48)43(38)34-22-24-42(37(27-34)46-51-44(30-12-3-1-4-13-30)50-45(52-46)31-14-5-2-6-15-31)53-40-20-8-7-17-35(40)36-26-33(21-23-41(36)53)32-16-9-11-29(25-32)28-49/h1-27H. The van der Waals surface area contributed by atoms with Gasteiger partial charge in [-0.05, 0) is 71.3 Å². The number of hydrogen-bond donors (Lipinski definition) is 0. The molecule has 0 unspecified atom stereocenters. The molecule has 0 saturated carbocycles. The van der Waals surface area contributed by atoms with Crippen molar-refractivity contribution < 1.29 is 8.78 Å². The van der Waals surface area contributed by atoms with Gasteiger partial charge in [0, 0.05) is 27.5 Å². The van der Waals surface area contributed by atoms with Crippen LogP contribution in [0, 0.1) is 23.0 Å². The molecule has 0 atom stereocenters. The molecule has 9 aromatic rings. The number of halogens is 2. The zero-order valence-electron chi connectivity index (χ0n) is 28.1. The molecular weight excluding hydrogens is 661 g/mol. The minimum absolute atomic E-state index is 0.132. The quantitative estimate of drug-likeness (QED) is 0.174. The summed E-state index contributed by atoms with van der Waals surface area (Å²) in [6.45, 7) is 0. The highest BCUT2D eigenvalue weighted by atomic mass is 19.1. The predicted octanol–water partition coefficient (Wildman–Crippen LogP) is 11.5. The van der Waals surface area contributed by atoms with Crippen molar-refractivity contribution in [1.82, 2.24) is 19.5 Å². The largest absolute Gasteiger partial charge is 0.309 e. The van der Waals surface area contributed by atoms with Crippen LogP contribution in [0.25, 0.3) is 83.9 Å². The molecule has 2 heterocycles. The zero-order chi connectivity index (χ0) is 35.9. The topological polar surface area (TPSA) is 67.4 Å². The highest BCUT2D eigenvalue weighted by Gasteiger charge is 2.22. The molecule has 0 radical (unpaired) electrons. The van der Waals surface area contributed by atoms with Crippen molar-refractivity contribution in [3.63, 3.8) is 0 Å². The van der Waals surface area contributed by atoms with E-state index in [1.54, 1.807) is 18.2 Å². The molecule has 53 heavy (non-hydrogen) atoms. The van der Waals surface area contributed by atoms with Crippen molar-refractivity contribution in [1.29, 1.82) is 5.26 Å². The number of nitriles is 1. The van der Waals surface area contributed by atoms with Crippen molar-refractivity contribution in [3.05, 3.63) is 181 Å². The van der Waals surface area contributed by atoms with E-state index in [1.807, 2.05) is 103 Å². The minimum atomic E-state index is -0.667. The van der Waals surface area contributed by atoms with Crippen molar-refractivity contribution in [2.24, 2.45) is 0 Å². The van der Waals surface area contributed by atoms with Gasteiger partial charge in [0.2, 0.25) is 0 Å². The number of fused-ring (bicyclic) bond motifs is 3. The lowest BCUT2D eigenvalue weighted by Gasteiger charge is -2.17. The predicted molar refractivity (Wildman–Crippen MR) is 206 cm³/mol. The van der Waals surface area contributed by atoms with E-state index >= 15 is 8.78 Å². The van der Waals surface area contributed by atoms with Crippen molar-refractivity contribution in [3.8, 4) is 68.2 Å². The van der Waals surface area contributed by atoms with E-state index in [-0.39, 0.29) is 5.56 Å². The lowest BCUT2D eigenvalue weighted by Crippen LogP contribution is -2.04. The number of aromatic nitrogens is 4. The molecule has 2 aromatic heterocycles. The van der Waals surface area contributed by atoms with Gasteiger partial charge in [-0.3, -0.25) is 0 Å². The fourth-order valence-electron chi connectivity index (χ4n) is 6.95. The maximum Gasteiger partial charge on any atom is 0.166 e. The Labute approximate surface area is 303 Å². The van der Waals surface area contributed by atoms with Gasteiger partial charge in [0.1, 0.15) is 11.6 Å². The third-order valence-electron chi connectivity index (χ3n) is 9.43. The highest BCUT2D eigenvalue weighted by Crippen LogP contribution is 2.40. The maximum atomic E-state index is 15.4. The van der Waals surface area contributed by atoms with E-state index in [9.17, 15) is 5.26 Å². The summed E-state index contributed by atoms with van der Waals surface area (Å²) in [5.74, 6) is -0.0517. The van der Waals surface area contributed by atoms with Gasteiger partial charge >= 0.3 is 0 Å². The van der Waals surface area contributed by atoms with Crippen LogP contribution in [0.15, 0.2) is 164 Å². The van der Waals surface area contributed by atoms with E-state index in [2.05, 4.69) is 34.9 Å². The summed E-state index contributed by atoms with van der Waals surface area (Å²) in [4.78, 5) is 14.9. The molecule has 0 fully saturated rings. The van der Waals surface area contributed by atoms with Gasteiger partial charge in [-0.2, -0.15) is 5.26 Å². The second-order valence-electron chi connectivity index (χ2n) is 12.6. The molecule has 0 spiro atoms. The second kappa shape index (κ2) is 13.1. The SMILES string of the molecule is N#Cc1cccc(-c2ccc3c(c2)c2ccccc2n3-c2ccc(-c3c(F)cccc3F)cc2-c2nc(-c3ccccc3)nc(-c3ccccc3)n2)c1. The van der Waals surface area contributed by atoms with E-state index in [0.717, 1.165) is 49.7 Å². The molecule has 0 N–H and O–H groups in total.